The molecule has 2 unspecified atom stereocenters. The van der Waals surface area contributed by atoms with Gasteiger partial charge in [-0.05, 0) is 11.5 Å². The summed E-state index contributed by atoms with van der Waals surface area (Å²) in [6.07, 6.45) is 0.781. The summed E-state index contributed by atoms with van der Waals surface area (Å²) in [6, 6.07) is 1.81. The van der Waals surface area contributed by atoms with Crippen LogP contribution in [0.15, 0.2) is 12.3 Å². The normalized spacial score (nSPS) is 16.4. The van der Waals surface area contributed by atoms with Gasteiger partial charge in [0.15, 0.2) is 0 Å². The zero-order valence-corrected chi connectivity index (χ0v) is 10.1. The van der Waals surface area contributed by atoms with Gasteiger partial charge in [-0.2, -0.15) is 5.10 Å². The first-order valence-corrected chi connectivity index (χ1v) is 5.06. The monoisotopic (exact) mass is 212 g/mol. The summed E-state index contributed by atoms with van der Waals surface area (Å²) in [6.45, 7) is 6.13. The van der Waals surface area contributed by atoms with E-state index in [0.29, 0.717) is 0 Å². The van der Waals surface area contributed by atoms with E-state index < -0.39 is 6.10 Å². The lowest BCUT2D eigenvalue weighted by atomic mass is 9.84. The lowest BCUT2D eigenvalue weighted by Gasteiger charge is -2.33. The van der Waals surface area contributed by atoms with Gasteiger partial charge in [-0.3, -0.25) is 4.68 Å². The highest BCUT2D eigenvalue weighted by molar-refractivity contribution is 5.07. The second-order valence-corrected chi connectivity index (χ2v) is 4.85. The second kappa shape index (κ2) is 4.33. The predicted octanol–water partition coefficient (Wildman–Crippen LogP) is 1.51. The van der Waals surface area contributed by atoms with Crippen molar-refractivity contribution in [3.05, 3.63) is 18.0 Å². The number of aliphatic hydroxyl groups excluding tert-OH is 1. The van der Waals surface area contributed by atoms with Gasteiger partial charge in [0.25, 0.3) is 0 Å². The maximum Gasteiger partial charge on any atom is 0.122 e. The Bertz CT molecular complexity index is 315. The second-order valence-electron chi connectivity index (χ2n) is 4.85. The van der Waals surface area contributed by atoms with E-state index in [9.17, 15) is 5.11 Å². The van der Waals surface area contributed by atoms with E-state index in [1.54, 1.807) is 18.0 Å². The van der Waals surface area contributed by atoms with Crippen molar-refractivity contribution < 1.29 is 9.84 Å². The van der Waals surface area contributed by atoms with Gasteiger partial charge in [0.1, 0.15) is 6.10 Å². The largest absolute Gasteiger partial charge is 0.384 e. The van der Waals surface area contributed by atoms with E-state index >= 15 is 0 Å². The Labute approximate surface area is 90.9 Å². The standard InChI is InChI=1S/C11H20N2O2/c1-11(2,3)10(15-5)9(14)8-6-7-12-13(8)4/h6-7,9-10,14H,1-5H3. The zero-order valence-electron chi connectivity index (χ0n) is 10.1. The Morgan fingerprint density at radius 2 is 2.07 bits per heavy atom. The fraction of sp³-hybridized carbons (Fsp3) is 0.727. The summed E-state index contributed by atoms with van der Waals surface area (Å²) in [5.41, 5.74) is 0.662. The molecule has 4 heteroatoms. The third-order valence-electron chi connectivity index (χ3n) is 2.56. The number of aromatic nitrogens is 2. The van der Waals surface area contributed by atoms with Crippen LogP contribution in [0.2, 0.25) is 0 Å². The minimum absolute atomic E-state index is 0.113. The average Bonchev–Trinajstić information content (AvgIpc) is 2.49. The number of aryl methyl sites for hydroxylation is 1. The van der Waals surface area contributed by atoms with Crippen LogP contribution in [-0.4, -0.2) is 28.1 Å². The molecular weight excluding hydrogens is 192 g/mol. The van der Waals surface area contributed by atoms with Gasteiger partial charge in [0.2, 0.25) is 0 Å². The number of aliphatic hydroxyl groups is 1. The molecular formula is C11H20N2O2. The van der Waals surface area contributed by atoms with Gasteiger partial charge in [-0.25, -0.2) is 0 Å². The molecule has 0 amide bonds. The highest BCUT2D eigenvalue weighted by Crippen LogP contribution is 2.31. The summed E-state index contributed by atoms with van der Waals surface area (Å²) in [7, 11) is 3.43. The maximum atomic E-state index is 10.2. The fourth-order valence-electron chi connectivity index (χ4n) is 1.79. The minimum Gasteiger partial charge on any atom is -0.384 e. The molecule has 1 rings (SSSR count). The Balaban J connectivity index is 2.92. The number of methoxy groups -OCH3 is 1. The van der Waals surface area contributed by atoms with Crippen LogP contribution in [0.1, 0.15) is 32.6 Å². The lowest BCUT2D eigenvalue weighted by Crippen LogP contribution is -2.35. The predicted molar refractivity (Wildman–Crippen MR) is 58.4 cm³/mol. The summed E-state index contributed by atoms with van der Waals surface area (Å²) < 4.78 is 7.03. The Morgan fingerprint density at radius 1 is 1.47 bits per heavy atom. The lowest BCUT2D eigenvalue weighted by molar-refractivity contribution is -0.0752. The third-order valence-corrected chi connectivity index (χ3v) is 2.56. The van der Waals surface area contributed by atoms with E-state index in [1.807, 2.05) is 33.9 Å². The molecule has 0 bridgehead atoms. The van der Waals surface area contributed by atoms with Crippen LogP contribution in [0.25, 0.3) is 0 Å². The van der Waals surface area contributed by atoms with Crippen LogP contribution in [-0.2, 0) is 11.8 Å². The van der Waals surface area contributed by atoms with E-state index in [4.69, 9.17) is 4.74 Å². The van der Waals surface area contributed by atoms with Crippen molar-refractivity contribution >= 4 is 0 Å². The molecule has 0 aliphatic heterocycles. The van der Waals surface area contributed by atoms with Gasteiger partial charge in [0.05, 0.1) is 11.8 Å². The van der Waals surface area contributed by atoms with Gasteiger partial charge < -0.3 is 9.84 Å². The molecule has 2 atom stereocenters. The topological polar surface area (TPSA) is 47.3 Å². The first kappa shape index (κ1) is 12.2. The van der Waals surface area contributed by atoms with Crippen molar-refractivity contribution in [3.63, 3.8) is 0 Å². The molecule has 0 radical (unpaired) electrons. The van der Waals surface area contributed by atoms with Crippen molar-refractivity contribution in [1.29, 1.82) is 0 Å². The molecule has 0 aliphatic carbocycles. The summed E-state index contributed by atoms with van der Waals surface area (Å²) >= 11 is 0. The molecule has 1 aromatic heterocycles. The Kier molecular flexibility index (Phi) is 3.52. The molecule has 0 fully saturated rings. The molecule has 1 aromatic rings. The molecule has 1 heterocycles. The minimum atomic E-state index is -0.650. The molecule has 86 valence electrons. The van der Waals surface area contributed by atoms with E-state index in [-0.39, 0.29) is 11.5 Å². The summed E-state index contributed by atoms with van der Waals surface area (Å²) in [5, 5.41) is 14.2. The molecule has 0 saturated carbocycles. The molecule has 0 aliphatic rings. The number of ether oxygens (including phenoxy) is 1. The molecule has 0 spiro atoms. The maximum absolute atomic E-state index is 10.2. The molecule has 15 heavy (non-hydrogen) atoms. The third kappa shape index (κ3) is 2.58. The zero-order chi connectivity index (χ0) is 11.6. The van der Waals surface area contributed by atoms with E-state index in [0.717, 1.165) is 5.69 Å². The van der Waals surface area contributed by atoms with Crippen LogP contribution in [0.5, 0.6) is 0 Å². The molecule has 4 nitrogen and oxygen atoms in total. The number of hydrogen-bond donors (Lipinski definition) is 1. The van der Waals surface area contributed by atoms with Crippen LogP contribution in [0, 0.1) is 5.41 Å². The highest BCUT2D eigenvalue weighted by Gasteiger charge is 2.33. The van der Waals surface area contributed by atoms with Gasteiger partial charge in [-0.15, -0.1) is 0 Å². The Morgan fingerprint density at radius 3 is 2.40 bits per heavy atom. The first-order valence-electron chi connectivity index (χ1n) is 5.06. The van der Waals surface area contributed by atoms with E-state index in [2.05, 4.69) is 5.10 Å². The van der Waals surface area contributed by atoms with Crippen molar-refractivity contribution in [2.24, 2.45) is 12.5 Å². The number of hydrogen-bond acceptors (Lipinski definition) is 3. The quantitative estimate of drug-likeness (QED) is 0.826. The number of nitrogens with zero attached hydrogens (tertiary/aromatic N) is 2. The fourth-order valence-corrected chi connectivity index (χ4v) is 1.79. The van der Waals surface area contributed by atoms with Crippen molar-refractivity contribution in [2.75, 3.05) is 7.11 Å². The van der Waals surface area contributed by atoms with Crippen LogP contribution < -0.4 is 0 Å². The molecule has 0 saturated heterocycles. The molecule has 0 aromatic carbocycles. The first-order chi connectivity index (χ1) is 6.88. The van der Waals surface area contributed by atoms with Crippen LogP contribution in [0.4, 0.5) is 0 Å². The van der Waals surface area contributed by atoms with Gasteiger partial charge >= 0.3 is 0 Å². The number of rotatable bonds is 3. The Hall–Kier alpha value is -0.870. The summed E-state index contributed by atoms with van der Waals surface area (Å²) in [5.74, 6) is 0. The smallest absolute Gasteiger partial charge is 0.122 e. The summed E-state index contributed by atoms with van der Waals surface area (Å²) in [4.78, 5) is 0. The van der Waals surface area contributed by atoms with Gasteiger partial charge in [-0.1, -0.05) is 20.8 Å². The van der Waals surface area contributed by atoms with Crippen LogP contribution in [0.3, 0.4) is 0 Å². The SMILES string of the molecule is COC(C(O)c1ccnn1C)C(C)(C)C. The van der Waals surface area contributed by atoms with Crippen molar-refractivity contribution in [1.82, 2.24) is 9.78 Å². The van der Waals surface area contributed by atoms with Crippen molar-refractivity contribution in [2.45, 2.75) is 33.0 Å². The highest BCUT2D eigenvalue weighted by atomic mass is 16.5. The van der Waals surface area contributed by atoms with Crippen molar-refractivity contribution in [3.8, 4) is 0 Å². The average molecular weight is 212 g/mol. The van der Waals surface area contributed by atoms with E-state index in [1.165, 1.54) is 0 Å². The molecule has 1 N–H and O–H groups in total. The van der Waals surface area contributed by atoms with Crippen LogP contribution >= 0.6 is 0 Å². The van der Waals surface area contributed by atoms with Gasteiger partial charge in [0, 0.05) is 20.4 Å².